The van der Waals surface area contributed by atoms with Crippen LogP contribution in [0.3, 0.4) is 0 Å². The first kappa shape index (κ1) is 20.8. The predicted molar refractivity (Wildman–Crippen MR) is 133 cm³/mol. The van der Waals surface area contributed by atoms with Gasteiger partial charge in [0, 0.05) is 14.7 Å². The summed E-state index contributed by atoms with van der Waals surface area (Å²) in [5.74, 6) is 1.06. The summed E-state index contributed by atoms with van der Waals surface area (Å²) in [6, 6.07) is 21.3. The Morgan fingerprint density at radius 2 is 1.87 bits per heavy atom. The molecular weight excluding hydrogens is 507 g/mol. The molecule has 152 valence electrons. The molecule has 0 aliphatic rings. The molecule has 1 amide bonds. The number of thiazole rings is 1. The maximum Gasteiger partial charge on any atom is 0.255 e. The number of nitrogens with one attached hydrogen (secondary N) is 1. The summed E-state index contributed by atoms with van der Waals surface area (Å²) < 4.78 is 7.91. The van der Waals surface area contributed by atoms with E-state index in [4.69, 9.17) is 9.72 Å². The molecule has 4 aromatic rings. The first-order valence-corrected chi connectivity index (χ1v) is 11.6. The summed E-state index contributed by atoms with van der Waals surface area (Å²) >= 11 is 3.90. The molecule has 0 aliphatic carbocycles. The molecule has 1 N–H and O–H groups in total. The van der Waals surface area contributed by atoms with Crippen molar-refractivity contribution >= 4 is 55.7 Å². The second-order valence-electron chi connectivity index (χ2n) is 7.36. The van der Waals surface area contributed by atoms with Crippen molar-refractivity contribution < 1.29 is 9.53 Å². The number of halogens is 1. The van der Waals surface area contributed by atoms with Gasteiger partial charge in [0.1, 0.15) is 10.8 Å². The van der Waals surface area contributed by atoms with E-state index in [1.165, 1.54) is 0 Å². The van der Waals surface area contributed by atoms with Crippen LogP contribution in [-0.2, 0) is 0 Å². The summed E-state index contributed by atoms with van der Waals surface area (Å²) in [7, 11) is 0. The molecule has 0 spiro atoms. The Morgan fingerprint density at radius 3 is 2.60 bits per heavy atom. The molecular formula is C24H21IN2O2S. The third kappa shape index (κ3) is 4.82. The van der Waals surface area contributed by atoms with Gasteiger partial charge in [-0.05, 0) is 83.1 Å². The van der Waals surface area contributed by atoms with Crippen LogP contribution in [0.5, 0.6) is 5.75 Å². The highest BCUT2D eigenvalue weighted by atomic mass is 127. The number of aromatic nitrogens is 1. The minimum Gasteiger partial charge on any atom is -0.493 e. The van der Waals surface area contributed by atoms with E-state index >= 15 is 0 Å². The largest absolute Gasteiger partial charge is 0.493 e. The number of carbonyl (C=O) groups excluding carboxylic acids is 1. The quantitative estimate of drug-likeness (QED) is 0.279. The monoisotopic (exact) mass is 528 g/mol. The van der Waals surface area contributed by atoms with E-state index in [1.807, 2.05) is 42.5 Å². The van der Waals surface area contributed by atoms with Gasteiger partial charge in [0.2, 0.25) is 0 Å². The topological polar surface area (TPSA) is 51.2 Å². The molecule has 6 heteroatoms. The fourth-order valence-corrected chi connectivity index (χ4v) is 4.44. The van der Waals surface area contributed by atoms with E-state index < -0.39 is 0 Å². The number of fused-ring (bicyclic) bond motifs is 1. The van der Waals surface area contributed by atoms with Gasteiger partial charge in [0.15, 0.2) is 0 Å². The zero-order valence-corrected chi connectivity index (χ0v) is 19.7. The average Bonchev–Trinajstić information content (AvgIpc) is 3.18. The molecule has 3 aromatic carbocycles. The van der Waals surface area contributed by atoms with Crippen molar-refractivity contribution in [3.8, 4) is 16.3 Å². The van der Waals surface area contributed by atoms with Crippen LogP contribution in [0.1, 0.15) is 24.2 Å². The lowest BCUT2D eigenvalue weighted by atomic mass is 10.1. The van der Waals surface area contributed by atoms with Gasteiger partial charge in [0.25, 0.3) is 5.91 Å². The van der Waals surface area contributed by atoms with Crippen molar-refractivity contribution in [2.24, 2.45) is 5.92 Å². The molecule has 0 atom stereocenters. The molecule has 30 heavy (non-hydrogen) atoms. The van der Waals surface area contributed by atoms with Crippen molar-refractivity contribution in [2.45, 2.75) is 13.8 Å². The maximum absolute atomic E-state index is 12.9. The number of amides is 1. The minimum atomic E-state index is -0.158. The number of anilines is 1. The number of carbonyl (C=O) groups is 1. The van der Waals surface area contributed by atoms with Gasteiger partial charge in [-0.15, -0.1) is 11.3 Å². The fourth-order valence-electron chi connectivity index (χ4n) is 2.95. The van der Waals surface area contributed by atoms with Gasteiger partial charge < -0.3 is 10.1 Å². The van der Waals surface area contributed by atoms with Crippen LogP contribution in [-0.4, -0.2) is 17.5 Å². The van der Waals surface area contributed by atoms with Crippen molar-refractivity contribution in [3.05, 3.63) is 75.9 Å². The Bertz CT molecular complexity index is 1150. The maximum atomic E-state index is 12.9. The number of para-hydroxylation sites is 1. The molecule has 0 unspecified atom stereocenters. The Balaban J connectivity index is 1.58. The van der Waals surface area contributed by atoms with Crippen LogP contribution in [0.15, 0.2) is 66.7 Å². The highest BCUT2D eigenvalue weighted by Crippen LogP contribution is 2.35. The highest BCUT2D eigenvalue weighted by Gasteiger charge is 2.14. The van der Waals surface area contributed by atoms with E-state index in [2.05, 4.69) is 53.9 Å². The Morgan fingerprint density at radius 1 is 1.10 bits per heavy atom. The van der Waals surface area contributed by atoms with Gasteiger partial charge in [0.05, 0.1) is 22.5 Å². The van der Waals surface area contributed by atoms with Crippen molar-refractivity contribution in [2.75, 3.05) is 11.9 Å². The predicted octanol–water partition coefficient (Wildman–Crippen LogP) is 6.86. The van der Waals surface area contributed by atoms with Crippen molar-refractivity contribution in [3.63, 3.8) is 0 Å². The van der Waals surface area contributed by atoms with Crippen LogP contribution in [0.4, 0.5) is 5.69 Å². The van der Waals surface area contributed by atoms with Gasteiger partial charge in [-0.1, -0.05) is 26.0 Å². The third-order valence-electron chi connectivity index (χ3n) is 4.45. The van der Waals surface area contributed by atoms with Crippen LogP contribution >= 0.6 is 33.9 Å². The van der Waals surface area contributed by atoms with E-state index in [-0.39, 0.29) is 5.91 Å². The molecule has 0 radical (unpaired) electrons. The Kier molecular flexibility index (Phi) is 6.34. The number of hydrogen-bond acceptors (Lipinski definition) is 4. The molecule has 0 saturated heterocycles. The van der Waals surface area contributed by atoms with Crippen LogP contribution in [0, 0.1) is 9.49 Å². The molecule has 0 bridgehead atoms. The van der Waals surface area contributed by atoms with E-state index in [9.17, 15) is 4.79 Å². The normalized spacial score (nSPS) is 11.1. The summed E-state index contributed by atoms with van der Waals surface area (Å²) in [5.41, 5.74) is 3.22. The fraction of sp³-hybridized carbons (Fsp3) is 0.167. The molecule has 0 fully saturated rings. The summed E-state index contributed by atoms with van der Waals surface area (Å²) in [6.07, 6.45) is 0. The number of benzene rings is 3. The SMILES string of the molecule is CC(C)COc1ccc(C(=O)Nc2ccc(I)cc2-c2nc3ccccc3s2)cc1. The lowest BCUT2D eigenvalue weighted by Crippen LogP contribution is -2.13. The standard InChI is InChI=1S/C24H21IN2O2S/c1-15(2)14-29-18-10-7-16(8-11-18)23(28)26-20-12-9-17(25)13-19(20)24-27-21-5-3-4-6-22(21)30-24/h3-13,15H,14H2,1-2H3,(H,26,28). The molecule has 1 heterocycles. The highest BCUT2D eigenvalue weighted by molar-refractivity contribution is 14.1. The number of rotatable bonds is 6. The summed E-state index contributed by atoms with van der Waals surface area (Å²) in [4.78, 5) is 17.6. The second-order valence-corrected chi connectivity index (χ2v) is 9.64. The van der Waals surface area contributed by atoms with Gasteiger partial charge in [-0.2, -0.15) is 0 Å². The van der Waals surface area contributed by atoms with Crippen LogP contribution < -0.4 is 10.1 Å². The number of ether oxygens (including phenoxy) is 1. The summed E-state index contributed by atoms with van der Waals surface area (Å²) in [6.45, 7) is 4.86. The Hall–Kier alpha value is -2.45. The first-order chi connectivity index (χ1) is 14.5. The molecule has 4 nitrogen and oxygen atoms in total. The first-order valence-electron chi connectivity index (χ1n) is 9.69. The lowest BCUT2D eigenvalue weighted by molar-refractivity contribution is 0.102. The molecule has 1 aromatic heterocycles. The average molecular weight is 528 g/mol. The molecule has 4 rings (SSSR count). The number of hydrogen-bond donors (Lipinski definition) is 1. The lowest BCUT2D eigenvalue weighted by Gasteiger charge is -2.11. The summed E-state index contributed by atoms with van der Waals surface area (Å²) in [5, 5.41) is 3.94. The zero-order chi connectivity index (χ0) is 21.1. The number of nitrogens with zero attached hydrogens (tertiary/aromatic N) is 1. The molecule has 0 saturated carbocycles. The van der Waals surface area contributed by atoms with Crippen LogP contribution in [0.25, 0.3) is 20.8 Å². The van der Waals surface area contributed by atoms with Crippen LogP contribution in [0.2, 0.25) is 0 Å². The van der Waals surface area contributed by atoms with Gasteiger partial charge >= 0.3 is 0 Å². The smallest absolute Gasteiger partial charge is 0.255 e. The van der Waals surface area contributed by atoms with E-state index in [0.29, 0.717) is 18.1 Å². The van der Waals surface area contributed by atoms with E-state index in [1.54, 1.807) is 23.5 Å². The second kappa shape index (κ2) is 9.14. The Labute approximate surface area is 193 Å². The molecule has 0 aliphatic heterocycles. The zero-order valence-electron chi connectivity index (χ0n) is 16.7. The van der Waals surface area contributed by atoms with Gasteiger partial charge in [-0.25, -0.2) is 4.98 Å². The third-order valence-corrected chi connectivity index (χ3v) is 6.19. The van der Waals surface area contributed by atoms with Gasteiger partial charge in [-0.3, -0.25) is 4.79 Å². The van der Waals surface area contributed by atoms with Crippen molar-refractivity contribution in [1.29, 1.82) is 0 Å². The van der Waals surface area contributed by atoms with Crippen molar-refractivity contribution in [1.82, 2.24) is 4.98 Å². The van der Waals surface area contributed by atoms with E-state index in [0.717, 1.165) is 35.8 Å². The minimum absolute atomic E-state index is 0.158.